The normalized spacial score (nSPS) is 10.8. The first-order chi connectivity index (χ1) is 13.5. The number of carbonyl (C=O) groups is 1. The van der Waals surface area contributed by atoms with Crippen LogP contribution in [-0.4, -0.2) is 12.1 Å². The summed E-state index contributed by atoms with van der Waals surface area (Å²) in [6, 6.07) is 19.8. The number of hydrazone groups is 1. The van der Waals surface area contributed by atoms with Gasteiger partial charge in [0, 0.05) is 20.1 Å². The highest BCUT2D eigenvalue weighted by Gasteiger charge is 2.07. The van der Waals surface area contributed by atoms with Gasteiger partial charge in [-0.05, 0) is 57.9 Å². The first-order valence-corrected chi connectivity index (χ1v) is 9.82. The molecule has 0 unspecified atom stereocenters. The lowest BCUT2D eigenvalue weighted by molar-refractivity contribution is 0.0954. The molecule has 1 N–H and O–H groups in total. The van der Waals surface area contributed by atoms with Gasteiger partial charge in [0.05, 0.1) is 11.8 Å². The molecule has 0 spiro atoms. The Labute approximate surface area is 181 Å². The maximum Gasteiger partial charge on any atom is 0.272 e. The number of nitrogens with one attached hydrogen (secondary N) is 1. The van der Waals surface area contributed by atoms with E-state index < -0.39 is 0 Å². The Balaban J connectivity index is 1.60. The van der Waals surface area contributed by atoms with Gasteiger partial charge in [-0.3, -0.25) is 4.79 Å². The summed E-state index contributed by atoms with van der Waals surface area (Å²) in [5, 5.41) is 5.14. The van der Waals surface area contributed by atoms with Crippen molar-refractivity contribution in [2.45, 2.75) is 6.61 Å². The highest BCUT2D eigenvalue weighted by atomic mass is 79.9. The number of hydrogen-bond donors (Lipinski definition) is 1. The van der Waals surface area contributed by atoms with Crippen LogP contribution < -0.4 is 10.2 Å². The van der Waals surface area contributed by atoms with Gasteiger partial charge in [-0.25, -0.2) is 5.43 Å². The smallest absolute Gasteiger partial charge is 0.272 e. The summed E-state index contributed by atoms with van der Waals surface area (Å²) in [6.07, 6.45) is 1.55. The molecule has 0 heterocycles. The Morgan fingerprint density at radius 1 is 1.07 bits per heavy atom. The standard InChI is InChI=1S/C21H15BrCl2N2O2/c22-19-7-2-1-6-18(19)21(27)26-25-12-14-4-3-5-17(10-14)28-13-15-8-9-16(23)11-20(15)24/h1-12H,13H2,(H,26,27)/b25-12-. The number of benzene rings is 3. The lowest BCUT2D eigenvalue weighted by atomic mass is 10.2. The molecule has 142 valence electrons. The van der Waals surface area contributed by atoms with E-state index in [4.69, 9.17) is 27.9 Å². The molecule has 3 aromatic rings. The Bertz CT molecular complexity index is 1020. The molecule has 28 heavy (non-hydrogen) atoms. The molecule has 0 aromatic heterocycles. The zero-order valence-electron chi connectivity index (χ0n) is 14.5. The predicted octanol–water partition coefficient (Wildman–Crippen LogP) is 6.10. The third-order valence-electron chi connectivity index (χ3n) is 3.77. The van der Waals surface area contributed by atoms with Gasteiger partial charge in [0.25, 0.3) is 5.91 Å². The van der Waals surface area contributed by atoms with Crippen molar-refractivity contribution in [3.63, 3.8) is 0 Å². The average Bonchev–Trinajstić information content (AvgIpc) is 2.68. The molecular formula is C21H15BrCl2N2O2. The lowest BCUT2D eigenvalue weighted by Crippen LogP contribution is -2.18. The van der Waals surface area contributed by atoms with E-state index in [0.717, 1.165) is 11.1 Å². The van der Waals surface area contributed by atoms with Crippen molar-refractivity contribution in [1.29, 1.82) is 0 Å². The zero-order valence-corrected chi connectivity index (χ0v) is 17.6. The molecule has 0 radical (unpaired) electrons. The van der Waals surface area contributed by atoms with Gasteiger partial charge in [0.2, 0.25) is 0 Å². The van der Waals surface area contributed by atoms with Gasteiger partial charge in [-0.1, -0.05) is 53.5 Å². The summed E-state index contributed by atoms with van der Waals surface area (Å²) in [5.74, 6) is 0.362. The van der Waals surface area contributed by atoms with Crippen LogP contribution in [0.2, 0.25) is 10.0 Å². The van der Waals surface area contributed by atoms with E-state index in [1.165, 1.54) is 0 Å². The first-order valence-electron chi connectivity index (χ1n) is 8.27. The zero-order chi connectivity index (χ0) is 19.9. The predicted molar refractivity (Wildman–Crippen MR) is 116 cm³/mol. The number of nitrogens with zero attached hydrogens (tertiary/aromatic N) is 1. The van der Waals surface area contributed by atoms with Crippen molar-refractivity contribution < 1.29 is 9.53 Å². The highest BCUT2D eigenvalue weighted by molar-refractivity contribution is 9.10. The fraction of sp³-hybridized carbons (Fsp3) is 0.0476. The van der Waals surface area contributed by atoms with Crippen LogP contribution in [0.4, 0.5) is 0 Å². The largest absolute Gasteiger partial charge is 0.489 e. The van der Waals surface area contributed by atoms with Crippen LogP contribution in [-0.2, 0) is 6.61 Å². The monoisotopic (exact) mass is 476 g/mol. The van der Waals surface area contributed by atoms with Crippen molar-refractivity contribution in [2.24, 2.45) is 5.10 Å². The van der Waals surface area contributed by atoms with Crippen LogP contribution >= 0.6 is 39.1 Å². The molecule has 0 aliphatic carbocycles. The van der Waals surface area contributed by atoms with Crippen LogP contribution in [0.25, 0.3) is 0 Å². The maximum atomic E-state index is 12.1. The van der Waals surface area contributed by atoms with E-state index >= 15 is 0 Å². The Kier molecular flexibility index (Phi) is 7.09. The topological polar surface area (TPSA) is 50.7 Å². The van der Waals surface area contributed by atoms with E-state index in [-0.39, 0.29) is 5.91 Å². The summed E-state index contributed by atoms with van der Waals surface area (Å²) in [6.45, 7) is 0.315. The Morgan fingerprint density at radius 3 is 2.68 bits per heavy atom. The molecule has 0 bridgehead atoms. The van der Waals surface area contributed by atoms with Gasteiger partial charge in [0.1, 0.15) is 12.4 Å². The molecular weight excluding hydrogens is 463 g/mol. The van der Waals surface area contributed by atoms with Crippen LogP contribution in [0.3, 0.4) is 0 Å². The van der Waals surface area contributed by atoms with Crippen molar-refractivity contribution in [1.82, 2.24) is 5.43 Å². The average molecular weight is 478 g/mol. The number of ether oxygens (including phenoxy) is 1. The van der Waals surface area contributed by atoms with E-state index in [2.05, 4.69) is 26.5 Å². The third kappa shape index (κ3) is 5.58. The van der Waals surface area contributed by atoms with E-state index in [1.807, 2.05) is 36.4 Å². The van der Waals surface area contributed by atoms with Crippen LogP contribution in [0.1, 0.15) is 21.5 Å². The Morgan fingerprint density at radius 2 is 1.89 bits per heavy atom. The van der Waals surface area contributed by atoms with Crippen LogP contribution in [0.5, 0.6) is 5.75 Å². The molecule has 7 heteroatoms. The summed E-state index contributed by atoms with van der Waals surface area (Å²) in [4.78, 5) is 12.1. The molecule has 1 amide bonds. The fourth-order valence-corrected chi connectivity index (χ4v) is 3.28. The molecule has 3 aromatic carbocycles. The SMILES string of the molecule is O=C(N/N=C\c1cccc(OCc2ccc(Cl)cc2Cl)c1)c1ccccc1Br. The van der Waals surface area contributed by atoms with Crippen LogP contribution in [0, 0.1) is 0 Å². The number of carbonyl (C=O) groups excluding carboxylic acids is 1. The lowest BCUT2D eigenvalue weighted by Gasteiger charge is -2.08. The van der Waals surface area contributed by atoms with Crippen molar-refractivity contribution in [3.05, 3.63) is 97.9 Å². The van der Waals surface area contributed by atoms with Gasteiger partial charge >= 0.3 is 0 Å². The van der Waals surface area contributed by atoms with Crippen molar-refractivity contribution in [3.8, 4) is 5.75 Å². The molecule has 0 saturated carbocycles. The minimum atomic E-state index is -0.298. The van der Waals surface area contributed by atoms with E-state index in [9.17, 15) is 4.79 Å². The second-order valence-electron chi connectivity index (χ2n) is 5.78. The fourth-order valence-electron chi connectivity index (χ4n) is 2.36. The Hall–Kier alpha value is -2.34. The minimum Gasteiger partial charge on any atom is -0.489 e. The molecule has 0 saturated heterocycles. The van der Waals surface area contributed by atoms with Gasteiger partial charge < -0.3 is 4.74 Å². The summed E-state index contributed by atoms with van der Waals surface area (Å²) in [5.41, 5.74) is 4.64. The van der Waals surface area contributed by atoms with Gasteiger partial charge in [-0.15, -0.1) is 0 Å². The van der Waals surface area contributed by atoms with Gasteiger partial charge in [0.15, 0.2) is 0 Å². The molecule has 3 rings (SSSR count). The molecule has 0 aliphatic heterocycles. The van der Waals surface area contributed by atoms with Crippen LogP contribution in [0.15, 0.2) is 76.3 Å². The molecule has 0 aliphatic rings. The van der Waals surface area contributed by atoms with E-state index in [1.54, 1.807) is 36.5 Å². The third-order valence-corrected chi connectivity index (χ3v) is 5.04. The first kappa shape index (κ1) is 20.4. The second kappa shape index (κ2) is 9.73. The molecule has 0 atom stereocenters. The summed E-state index contributed by atoms with van der Waals surface area (Å²) < 4.78 is 6.49. The van der Waals surface area contributed by atoms with Crippen molar-refractivity contribution in [2.75, 3.05) is 0 Å². The highest BCUT2D eigenvalue weighted by Crippen LogP contribution is 2.23. The number of amides is 1. The molecule has 4 nitrogen and oxygen atoms in total. The minimum absolute atomic E-state index is 0.298. The number of hydrogen-bond acceptors (Lipinski definition) is 3. The molecule has 0 fully saturated rings. The summed E-state index contributed by atoms with van der Waals surface area (Å²) >= 11 is 15.4. The quantitative estimate of drug-likeness (QED) is 0.344. The summed E-state index contributed by atoms with van der Waals surface area (Å²) in [7, 11) is 0. The van der Waals surface area contributed by atoms with Crippen molar-refractivity contribution >= 4 is 51.3 Å². The maximum absolute atomic E-state index is 12.1. The number of halogens is 3. The van der Waals surface area contributed by atoms with Gasteiger partial charge in [-0.2, -0.15) is 5.10 Å². The van der Waals surface area contributed by atoms with E-state index in [0.29, 0.717) is 32.4 Å². The second-order valence-corrected chi connectivity index (χ2v) is 7.47. The number of rotatable bonds is 6.